The van der Waals surface area contributed by atoms with E-state index in [1.807, 2.05) is 22.9 Å². The summed E-state index contributed by atoms with van der Waals surface area (Å²) in [7, 11) is 2.17. The van der Waals surface area contributed by atoms with Crippen LogP contribution in [0, 0.1) is 0 Å². The highest BCUT2D eigenvalue weighted by Gasteiger charge is 2.14. The monoisotopic (exact) mass is 272 g/mol. The fourth-order valence-electron chi connectivity index (χ4n) is 2.64. The van der Waals surface area contributed by atoms with E-state index in [-0.39, 0.29) is 0 Å². The summed E-state index contributed by atoms with van der Waals surface area (Å²) in [6, 6.07) is 3.68. The number of imidazole rings is 1. The number of aldehydes is 1. The van der Waals surface area contributed by atoms with E-state index >= 15 is 0 Å². The average molecular weight is 272 g/mol. The van der Waals surface area contributed by atoms with Gasteiger partial charge >= 0.3 is 0 Å². The smallest absolute Gasteiger partial charge is 0.153 e. The standard InChI is InChI=1S/C15H20N4O/c1-17-7-9-18(10-8-17)6-4-14-11-19-5-2-3-13(12-20)15(19)16-14/h2-3,5,11-12H,4,6-10H2,1H3. The minimum absolute atomic E-state index is 0.651. The van der Waals surface area contributed by atoms with E-state index in [1.165, 1.54) is 0 Å². The first kappa shape index (κ1) is 13.3. The summed E-state index contributed by atoms with van der Waals surface area (Å²) in [4.78, 5) is 20.4. The number of nitrogens with zero attached hydrogens (tertiary/aromatic N) is 4. The Balaban J connectivity index is 1.67. The van der Waals surface area contributed by atoms with Crippen LogP contribution in [0.3, 0.4) is 0 Å². The highest BCUT2D eigenvalue weighted by atomic mass is 16.1. The third kappa shape index (κ3) is 2.73. The molecule has 1 aliphatic heterocycles. The molecule has 3 heterocycles. The van der Waals surface area contributed by atoms with Crippen molar-refractivity contribution in [1.82, 2.24) is 19.2 Å². The van der Waals surface area contributed by atoms with Gasteiger partial charge in [0.25, 0.3) is 0 Å². The zero-order valence-corrected chi connectivity index (χ0v) is 11.8. The average Bonchev–Trinajstić information content (AvgIpc) is 2.89. The van der Waals surface area contributed by atoms with Crippen molar-refractivity contribution in [3.8, 4) is 0 Å². The number of pyridine rings is 1. The van der Waals surface area contributed by atoms with Crippen LogP contribution in [0.15, 0.2) is 24.5 Å². The quantitative estimate of drug-likeness (QED) is 0.777. The van der Waals surface area contributed by atoms with Crippen molar-refractivity contribution in [2.45, 2.75) is 6.42 Å². The van der Waals surface area contributed by atoms with Crippen molar-refractivity contribution in [2.24, 2.45) is 0 Å². The van der Waals surface area contributed by atoms with Gasteiger partial charge in [-0.2, -0.15) is 0 Å². The maximum atomic E-state index is 11.0. The predicted molar refractivity (Wildman–Crippen MR) is 78.2 cm³/mol. The second-order valence-electron chi connectivity index (χ2n) is 5.44. The van der Waals surface area contributed by atoms with Gasteiger partial charge in [0, 0.05) is 51.5 Å². The van der Waals surface area contributed by atoms with Gasteiger partial charge in [-0.05, 0) is 19.2 Å². The van der Waals surface area contributed by atoms with Gasteiger partial charge in [-0.3, -0.25) is 4.79 Å². The number of aromatic nitrogens is 2. The zero-order chi connectivity index (χ0) is 13.9. The van der Waals surface area contributed by atoms with Crippen LogP contribution in [0.5, 0.6) is 0 Å². The number of carbonyl (C=O) groups is 1. The van der Waals surface area contributed by atoms with Crippen LogP contribution in [0.25, 0.3) is 5.65 Å². The summed E-state index contributed by atoms with van der Waals surface area (Å²) in [6.45, 7) is 5.57. The summed E-state index contributed by atoms with van der Waals surface area (Å²) in [5, 5.41) is 0. The molecule has 2 aromatic heterocycles. The molecule has 20 heavy (non-hydrogen) atoms. The Morgan fingerprint density at radius 1 is 1.30 bits per heavy atom. The summed E-state index contributed by atoms with van der Waals surface area (Å²) in [5.74, 6) is 0. The first-order valence-corrected chi connectivity index (χ1v) is 7.09. The van der Waals surface area contributed by atoms with Crippen molar-refractivity contribution in [3.63, 3.8) is 0 Å². The van der Waals surface area contributed by atoms with Gasteiger partial charge in [-0.15, -0.1) is 0 Å². The van der Waals surface area contributed by atoms with E-state index in [0.29, 0.717) is 5.56 Å². The Morgan fingerprint density at radius 2 is 2.10 bits per heavy atom. The van der Waals surface area contributed by atoms with Gasteiger partial charge in [0.1, 0.15) is 5.65 Å². The Morgan fingerprint density at radius 3 is 2.85 bits per heavy atom. The molecule has 2 aromatic rings. The molecular formula is C15H20N4O. The lowest BCUT2D eigenvalue weighted by Gasteiger charge is -2.32. The largest absolute Gasteiger partial charge is 0.306 e. The van der Waals surface area contributed by atoms with Crippen molar-refractivity contribution in [2.75, 3.05) is 39.8 Å². The molecule has 0 saturated carbocycles. The van der Waals surface area contributed by atoms with Crippen LogP contribution in [0.2, 0.25) is 0 Å². The number of hydrogen-bond acceptors (Lipinski definition) is 4. The van der Waals surface area contributed by atoms with E-state index < -0.39 is 0 Å². The number of carbonyl (C=O) groups excluding carboxylic acids is 1. The SMILES string of the molecule is CN1CCN(CCc2cn3cccc(C=O)c3n2)CC1. The molecule has 5 nitrogen and oxygen atoms in total. The second-order valence-corrected chi connectivity index (χ2v) is 5.44. The van der Waals surface area contributed by atoms with E-state index in [4.69, 9.17) is 0 Å². The van der Waals surface area contributed by atoms with E-state index in [0.717, 1.165) is 56.8 Å². The van der Waals surface area contributed by atoms with Crippen molar-refractivity contribution < 1.29 is 4.79 Å². The number of fused-ring (bicyclic) bond motifs is 1. The zero-order valence-electron chi connectivity index (χ0n) is 11.8. The molecule has 0 unspecified atom stereocenters. The minimum Gasteiger partial charge on any atom is -0.306 e. The van der Waals surface area contributed by atoms with Gasteiger partial charge in [-0.1, -0.05) is 0 Å². The maximum Gasteiger partial charge on any atom is 0.153 e. The molecule has 5 heteroatoms. The molecule has 0 radical (unpaired) electrons. The summed E-state index contributed by atoms with van der Waals surface area (Å²) >= 11 is 0. The Kier molecular flexibility index (Phi) is 3.80. The van der Waals surface area contributed by atoms with Gasteiger partial charge in [0.15, 0.2) is 6.29 Å². The fourth-order valence-corrected chi connectivity index (χ4v) is 2.64. The number of likely N-dealkylation sites (N-methyl/N-ethyl adjacent to an activating group) is 1. The van der Waals surface area contributed by atoms with E-state index in [2.05, 4.69) is 21.8 Å². The first-order valence-electron chi connectivity index (χ1n) is 7.09. The molecule has 1 aliphatic rings. The molecule has 106 valence electrons. The minimum atomic E-state index is 0.651. The lowest BCUT2D eigenvalue weighted by molar-refractivity contribution is 0.112. The van der Waals surface area contributed by atoms with Crippen LogP contribution >= 0.6 is 0 Å². The van der Waals surface area contributed by atoms with Gasteiger partial charge in [0.05, 0.1) is 11.3 Å². The number of rotatable bonds is 4. The first-order chi connectivity index (χ1) is 9.76. The highest BCUT2D eigenvalue weighted by molar-refractivity contribution is 5.84. The molecule has 0 spiro atoms. The molecule has 0 aliphatic carbocycles. The van der Waals surface area contributed by atoms with E-state index in [1.54, 1.807) is 6.07 Å². The van der Waals surface area contributed by atoms with Crippen LogP contribution in [-0.2, 0) is 6.42 Å². The van der Waals surface area contributed by atoms with Crippen LogP contribution in [0.4, 0.5) is 0 Å². The fraction of sp³-hybridized carbons (Fsp3) is 0.467. The molecule has 3 rings (SSSR count). The van der Waals surface area contributed by atoms with E-state index in [9.17, 15) is 4.79 Å². The maximum absolute atomic E-state index is 11.0. The third-order valence-electron chi connectivity index (χ3n) is 3.97. The molecule has 0 bridgehead atoms. The lowest BCUT2D eigenvalue weighted by Crippen LogP contribution is -2.45. The third-order valence-corrected chi connectivity index (χ3v) is 3.97. The lowest BCUT2D eigenvalue weighted by atomic mass is 10.2. The van der Waals surface area contributed by atoms with Crippen molar-refractivity contribution >= 4 is 11.9 Å². The molecule has 0 amide bonds. The topological polar surface area (TPSA) is 40.9 Å². The normalized spacial score (nSPS) is 17.6. The summed E-state index contributed by atoms with van der Waals surface area (Å²) in [5.41, 5.74) is 2.47. The van der Waals surface area contributed by atoms with Gasteiger partial charge in [0.2, 0.25) is 0 Å². The molecule has 0 atom stereocenters. The van der Waals surface area contributed by atoms with Crippen LogP contribution in [0.1, 0.15) is 16.1 Å². The van der Waals surface area contributed by atoms with Gasteiger partial charge < -0.3 is 14.2 Å². The number of piperazine rings is 1. The molecule has 1 saturated heterocycles. The Labute approximate surface area is 118 Å². The van der Waals surface area contributed by atoms with Gasteiger partial charge in [-0.25, -0.2) is 4.98 Å². The van der Waals surface area contributed by atoms with Crippen molar-refractivity contribution in [1.29, 1.82) is 0 Å². The molecule has 0 N–H and O–H groups in total. The van der Waals surface area contributed by atoms with Crippen molar-refractivity contribution in [3.05, 3.63) is 35.8 Å². The number of hydrogen-bond donors (Lipinski definition) is 0. The predicted octanol–water partition coefficient (Wildman–Crippen LogP) is 0.937. The molecule has 1 fully saturated rings. The highest BCUT2D eigenvalue weighted by Crippen LogP contribution is 2.10. The molecule has 0 aromatic carbocycles. The second kappa shape index (κ2) is 5.73. The Bertz CT molecular complexity index is 599. The van der Waals surface area contributed by atoms with Crippen LogP contribution < -0.4 is 0 Å². The summed E-state index contributed by atoms with van der Waals surface area (Å²) in [6.07, 6.45) is 5.77. The van der Waals surface area contributed by atoms with Crippen LogP contribution in [-0.4, -0.2) is 65.2 Å². The Hall–Kier alpha value is -1.72. The molecular weight excluding hydrogens is 252 g/mol. The summed E-state index contributed by atoms with van der Waals surface area (Å²) < 4.78 is 1.93.